The molecule has 162 valence electrons. The van der Waals surface area contributed by atoms with Gasteiger partial charge in [-0.15, -0.1) is 0 Å². The molecule has 1 heterocycles. The van der Waals surface area contributed by atoms with Gasteiger partial charge in [0.2, 0.25) is 11.6 Å². The van der Waals surface area contributed by atoms with E-state index in [2.05, 4.69) is 4.98 Å². The van der Waals surface area contributed by atoms with E-state index < -0.39 is 92.1 Å². The summed E-state index contributed by atoms with van der Waals surface area (Å²) in [6.07, 6.45) is 0.311. The van der Waals surface area contributed by atoms with Gasteiger partial charge in [0.15, 0.2) is 46.5 Å². The van der Waals surface area contributed by atoms with Crippen molar-refractivity contribution in [3.05, 3.63) is 76.0 Å². The van der Waals surface area contributed by atoms with Crippen LogP contribution in [-0.2, 0) is 0 Å². The van der Waals surface area contributed by atoms with Crippen LogP contribution in [0.25, 0.3) is 22.4 Å². The number of carboxylic acid groups (broad SMARTS) is 1. The van der Waals surface area contributed by atoms with E-state index >= 15 is 0 Å². The fraction of sp³-hybridized carbons (Fsp3) is 0. The Balaban J connectivity index is 2.54. The van der Waals surface area contributed by atoms with E-state index in [9.17, 15) is 48.7 Å². The molecule has 0 aliphatic heterocycles. The van der Waals surface area contributed by atoms with Crippen LogP contribution in [0.1, 0.15) is 10.4 Å². The lowest BCUT2D eigenvalue weighted by molar-refractivity contribution is 0.0696. The summed E-state index contributed by atoms with van der Waals surface area (Å²) in [7, 11) is 0. The highest BCUT2D eigenvalue weighted by Crippen LogP contribution is 2.40. The van der Waals surface area contributed by atoms with E-state index in [-0.39, 0.29) is 6.07 Å². The molecule has 3 aromatic rings. The maximum atomic E-state index is 14.2. The average Bonchev–Trinajstić information content (AvgIpc) is 2.74. The number of hydrogen-bond acceptors (Lipinski definition) is 2. The van der Waals surface area contributed by atoms with Gasteiger partial charge >= 0.3 is 5.97 Å². The molecular weight excluding hydrogens is 452 g/mol. The van der Waals surface area contributed by atoms with Gasteiger partial charge in [0.25, 0.3) is 0 Å². The highest BCUT2D eigenvalue weighted by atomic mass is 19.2. The Kier molecular flexibility index (Phi) is 5.38. The summed E-state index contributed by atoms with van der Waals surface area (Å²) in [5, 5.41) is 8.99. The van der Waals surface area contributed by atoms with Gasteiger partial charge in [-0.1, -0.05) is 0 Å². The highest BCUT2D eigenvalue weighted by molar-refractivity contribution is 5.92. The quantitative estimate of drug-likeness (QED) is 0.322. The van der Waals surface area contributed by atoms with Gasteiger partial charge in [-0.05, 0) is 6.07 Å². The molecular formula is C18H3F10NO2. The zero-order valence-corrected chi connectivity index (χ0v) is 14.2. The summed E-state index contributed by atoms with van der Waals surface area (Å²) in [5.74, 6) is -27.3. The summed E-state index contributed by atoms with van der Waals surface area (Å²) in [6.45, 7) is 0. The molecule has 0 amide bonds. The molecule has 1 aromatic heterocycles. The lowest BCUT2D eigenvalue weighted by Crippen LogP contribution is -2.09. The van der Waals surface area contributed by atoms with Gasteiger partial charge in [-0.2, -0.15) is 0 Å². The van der Waals surface area contributed by atoms with Crippen LogP contribution in [-0.4, -0.2) is 16.1 Å². The minimum atomic E-state index is -2.61. The third kappa shape index (κ3) is 3.25. The third-order valence-electron chi connectivity index (χ3n) is 4.06. The van der Waals surface area contributed by atoms with Crippen molar-refractivity contribution in [2.45, 2.75) is 0 Å². The van der Waals surface area contributed by atoms with Gasteiger partial charge in [0.05, 0.1) is 22.4 Å². The molecule has 0 unspecified atom stereocenters. The first-order chi connectivity index (χ1) is 14.4. The largest absolute Gasteiger partial charge is 0.478 e. The predicted molar refractivity (Wildman–Crippen MR) is 81.6 cm³/mol. The summed E-state index contributed by atoms with van der Waals surface area (Å²) < 4.78 is 138. The van der Waals surface area contributed by atoms with Crippen LogP contribution in [0.5, 0.6) is 0 Å². The van der Waals surface area contributed by atoms with Crippen LogP contribution < -0.4 is 0 Å². The van der Waals surface area contributed by atoms with E-state index in [0.29, 0.717) is 6.20 Å². The minimum absolute atomic E-state index is 0.195. The third-order valence-corrected chi connectivity index (χ3v) is 4.06. The second-order valence-corrected chi connectivity index (χ2v) is 5.82. The second kappa shape index (κ2) is 7.56. The molecule has 0 bridgehead atoms. The Morgan fingerprint density at radius 1 is 0.613 bits per heavy atom. The zero-order chi connectivity index (χ0) is 23.4. The van der Waals surface area contributed by atoms with E-state index in [1.54, 1.807) is 0 Å². The number of aromatic nitrogens is 1. The lowest BCUT2D eigenvalue weighted by Gasteiger charge is -2.15. The average molecular weight is 455 g/mol. The van der Waals surface area contributed by atoms with Crippen molar-refractivity contribution in [2.24, 2.45) is 0 Å². The lowest BCUT2D eigenvalue weighted by atomic mass is 9.95. The number of pyridine rings is 1. The second-order valence-electron chi connectivity index (χ2n) is 5.82. The Bertz CT molecular complexity index is 1220. The number of carbonyl (C=O) groups is 1. The van der Waals surface area contributed by atoms with Gasteiger partial charge < -0.3 is 5.11 Å². The van der Waals surface area contributed by atoms with Crippen molar-refractivity contribution in [1.29, 1.82) is 0 Å². The first-order valence-electron chi connectivity index (χ1n) is 7.67. The Morgan fingerprint density at radius 2 is 0.968 bits per heavy atom. The van der Waals surface area contributed by atoms with Gasteiger partial charge in [0, 0.05) is 11.8 Å². The normalized spacial score (nSPS) is 11.2. The van der Waals surface area contributed by atoms with Crippen molar-refractivity contribution < 1.29 is 53.8 Å². The molecule has 3 rings (SSSR count). The minimum Gasteiger partial charge on any atom is -0.478 e. The van der Waals surface area contributed by atoms with Gasteiger partial charge in [-0.25, -0.2) is 48.7 Å². The topological polar surface area (TPSA) is 50.2 Å². The fourth-order valence-electron chi connectivity index (χ4n) is 2.63. The van der Waals surface area contributed by atoms with Crippen molar-refractivity contribution in [1.82, 2.24) is 4.98 Å². The van der Waals surface area contributed by atoms with E-state index in [1.165, 1.54) is 0 Å². The molecule has 2 aromatic carbocycles. The van der Waals surface area contributed by atoms with Gasteiger partial charge in [0.1, 0.15) is 0 Å². The molecule has 13 heteroatoms. The van der Waals surface area contributed by atoms with Crippen LogP contribution in [0.4, 0.5) is 43.9 Å². The van der Waals surface area contributed by atoms with Crippen molar-refractivity contribution in [3.8, 4) is 22.4 Å². The number of carboxylic acids is 1. The van der Waals surface area contributed by atoms with Crippen LogP contribution in [0, 0.1) is 58.2 Å². The van der Waals surface area contributed by atoms with Crippen LogP contribution >= 0.6 is 0 Å². The number of aromatic carboxylic acids is 1. The SMILES string of the molecule is O=C(O)c1cnc(-c2c(F)c(F)c(F)c(F)c2F)c(-c2c(F)c(F)c(F)c(F)c2F)c1. The molecule has 0 fully saturated rings. The summed E-state index contributed by atoms with van der Waals surface area (Å²) >= 11 is 0. The first kappa shape index (κ1) is 22.1. The molecule has 3 nitrogen and oxygen atoms in total. The number of rotatable bonds is 3. The monoisotopic (exact) mass is 455 g/mol. The molecule has 1 N–H and O–H groups in total. The molecule has 0 aliphatic rings. The van der Waals surface area contributed by atoms with Crippen LogP contribution in [0.3, 0.4) is 0 Å². The summed E-state index contributed by atoms with van der Waals surface area (Å²) in [4.78, 5) is 14.3. The van der Waals surface area contributed by atoms with Crippen molar-refractivity contribution >= 4 is 5.97 Å². The molecule has 0 radical (unpaired) electrons. The zero-order valence-electron chi connectivity index (χ0n) is 14.2. The highest BCUT2D eigenvalue weighted by Gasteiger charge is 2.33. The predicted octanol–water partition coefficient (Wildman–Crippen LogP) is 5.50. The molecule has 0 saturated heterocycles. The number of nitrogens with zero attached hydrogens (tertiary/aromatic N) is 1. The molecule has 0 aliphatic carbocycles. The van der Waals surface area contributed by atoms with E-state index in [4.69, 9.17) is 5.11 Å². The standard InChI is InChI=1S/C18H3F10NO2/c19-7-5(8(20)12(24)15(27)11(7)23)4-1-3(18(30)31)2-29-17(4)6-9(21)13(25)16(28)14(26)10(6)22/h1-2H,(H,30,31). The Morgan fingerprint density at radius 3 is 1.35 bits per heavy atom. The smallest absolute Gasteiger partial charge is 0.337 e. The Hall–Kier alpha value is -3.64. The maximum absolute atomic E-state index is 14.2. The van der Waals surface area contributed by atoms with Crippen molar-refractivity contribution in [2.75, 3.05) is 0 Å². The van der Waals surface area contributed by atoms with Crippen LogP contribution in [0.2, 0.25) is 0 Å². The van der Waals surface area contributed by atoms with Gasteiger partial charge in [-0.3, -0.25) is 4.98 Å². The van der Waals surface area contributed by atoms with E-state index in [0.717, 1.165) is 0 Å². The number of hydrogen-bond donors (Lipinski definition) is 1. The fourth-order valence-corrected chi connectivity index (χ4v) is 2.63. The van der Waals surface area contributed by atoms with Crippen LogP contribution in [0.15, 0.2) is 12.3 Å². The summed E-state index contributed by atoms with van der Waals surface area (Å²) in [5.41, 5.74) is -7.65. The molecule has 0 saturated carbocycles. The number of benzene rings is 2. The Labute approximate surface area is 164 Å². The first-order valence-corrected chi connectivity index (χ1v) is 7.67. The maximum Gasteiger partial charge on any atom is 0.337 e. The number of halogens is 10. The summed E-state index contributed by atoms with van der Waals surface area (Å²) in [6, 6.07) is 0.195. The molecule has 0 spiro atoms. The van der Waals surface area contributed by atoms with Crippen molar-refractivity contribution in [3.63, 3.8) is 0 Å². The van der Waals surface area contributed by atoms with E-state index in [1.807, 2.05) is 0 Å². The molecule has 0 atom stereocenters. The molecule has 31 heavy (non-hydrogen) atoms.